The maximum Gasteiger partial charge on any atom is 0.276 e. The molecular formula is C11H13N3O3. The van der Waals surface area contributed by atoms with Crippen molar-refractivity contribution in [3.63, 3.8) is 0 Å². The predicted molar refractivity (Wildman–Crippen MR) is 59.4 cm³/mol. The van der Waals surface area contributed by atoms with Crippen LogP contribution in [-0.4, -0.2) is 46.4 Å². The number of pyridine rings is 1. The van der Waals surface area contributed by atoms with Crippen LogP contribution >= 0.6 is 0 Å². The average Bonchev–Trinajstić information content (AvgIpc) is 2.54. The zero-order valence-corrected chi connectivity index (χ0v) is 9.22. The second kappa shape index (κ2) is 4.82. The van der Waals surface area contributed by atoms with Crippen LogP contribution in [0.1, 0.15) is 16.9 Å². The molecule has 0 bridgehead atoms. The van der Waals surface area contributed by atoms with Crippen LogP contribution in [0.5, 0.6) is 5.75 Å². The molecule has 90 valence electrons. The van der Waals surface area contributed by atoms with E-state index >= 15 is 0 Å². The second-order valence-electron chi connectivity index (χ2n) is 3.80. The number of aromatic hydroxyl groups is 1. The summed E-state index contributed by atoms with van der Waals surface area (Å²) < 4.78 is 0. The van der Waals surface area contributed by atoms with E-state index in [1.807, 2.05) is 0 Å². The van der Waals surface area contributed by atoms with E-state index in [1.165, 1.54) is 17.2 Å². The zero-order valence-electron chi connectivity index (χ0n) is 9.22. The van der Waals surface area contributed by atoms with E-state index in [2.05, 4.69) is 10.3 Å². The van der Waals surface area contributed by atoms with Gasteiger partial charge in [0.2, 0.25) is 5.91 Å². The first-order valence-corrected chi connectivity index (χ1v) is 5.38. The number of hydrogen-bond acceptors (Lipinski definition) is 4. The Morgan fingerprint density at radius 3 is 3.12 bits per heavy atom. The van der Waals surface area contributed by atoms with Gasteiger partial charge in [0.15, 0.2) is 5.69 Å². The maximum atomic E-state index is 12.0. The van der Waals surface area contributed by atoms with E-state index in [9.17, 15) is 14.7 Å². The summed E-state index contributed by atoms with van der Waals surface area (Å²) in [5.74, 6) is -0.770. The van der Waals surface area contributed by atoms with Crippen molar-refractivity contribution in [2.75, 3.05) is 19.6 Å². The zero-order chi connectivity index (χ0) is 12.3. The molecule has 0 radical (unpaired) electrons. The monoisotopic (exact) mass is 235 g/mol. The Balaban J connectivity index is 2.19. The first kappa shape index (κ1) is 11.4. The number of nitrogens with one attached hydrogen (secondary N) is 1. The molecule has 0 saturated carbocycles. The summed E-state index contributed by atoms with van der Waals surface area (Å²) in [6, 6.07) is 2.94. The third-order valence-corrected chi connectivity index (χ3v) is 2.54. The van der Waals surface area contributed by atoms with Crippen LogP contribution in [0.15, 0.2) is 18.3 Å². The van der Waals surface area contributed by atoms with Crippen LogP contribution in [0.2, 0.25) is 0 Å². The lowest BCUT2D eigenvalue weighted by atomic mass is 10.2. The molecule has 6 nitrogen and oxygen atoms in total. The highest BCUT2D eigenvalue weighted by molar-refractivity contribution is 5.97. The molecule has 1 fully saturated rings. The Kier molecular flexibility index (Phi) is 3.22. The Hall–Kier alpha value is -2.11. The van der Waals surface area contributed by atoms with Crippen LogP contribution < -0.4 is 5.32 Å². The first-order chi connectivity index (χ1) is 8.18. The van der Waals surface area contributed by atoms with E-state index in [0.717, 1.165) is 0 Å². The third kappa shape index (κ3) is 2.52. The highest BCUT2D eigenvalue weighted by Gasteiger charge is 2.23. The molecule has 2 heterocycles. The predicted octanol–water partition coefficient (Wildman–Crippen LogP) is -0.251. The minimum atomic E-state index is -0.417. The fraction of sp³-hybridized carbons (Fsp3) is 0.364. The highest BCUT2D eigenvalue weighted by Crippen LogP contribution is 2.15. The molecule has 1 aromatic heterocycles. The number of rotatable bonds is 1. The molecule has 1 aliphatic rings. The van der Waals surface area contributed by atoms with E-state index in [4.69, 9.17) is 0 Å². The Labute approximate surface area is 98.3 Å². The minimum Gasteiger partial charge on any atom is -0.505 e. The number of carbonyl (C=O) groups excluding carboxylic acids is 2. The fourth-order valence-electron chi connectivity index (χ4n) is 1.69. The molecule has 6 heteroatoms. The molecule has 17 heavy (non-hydrogen) atoms. The number of aromatic nitrogens is 1. The largest absolute Gasteiger partial charge is 0.505 e. The molecule has 0 spiro atoms. The van der Waals surface area contributed by atoms with Crippen LogP contribution in [0.4, 0.5) is 0 Å². The van der Waals surface area contributed by atoms with Crippen molar-refractivity contribution in [1.82, 2.24) is 15.2 Å². The second-order valence-corrected chi connectivity index (χ2v) is 3.80. The third-order valence-electron chi connectivity index (χ3n) is 2.54. The number of nitrogens with zero attached hydrogens (tertiary/aromatic N) is 2. The van der Waals surface area contributed by atoms with E-state index < -0.39 is 5.91 Å². The topological polar surface area (TPSA) is 82.5 Å². The van der Waals surface area contributed by atoms with Gasteiger partial charge in [-0.3, -0.25) is 9.59 Å². The molecular weight excluding hydrogens is 222 g/mol. The van der Waals surface area contributed by atoms with Crippen molar-refractivity contribution < 1.29 is 14.7 Å². The summed E-state index contributed by atoms with van der Waals surface area (Å²) in [5, 5.41) is 12.2. The highest BCUT2D eigenvalue weighted by atomic mass is 16.3. The summed E-state index contributed by atoms with van der Waals surface area (Å²) in [4.78, 5) is 28.6. The average molecular weight is 235 g/mol. The van der Waals surface area contributed by atoms with Crippen molar-refractivity contribution in [1.29, 1.82) is 0 Å². The molecule has 0 aromatic carbocycles. The van der Waals surface area contributed by atoms with Gasteiger partial charge in [-0.15, -0.1) is 0 Å². The van der Waals surface area contributed by atoms with Gasteiger partial charge in [0.1, 0.15) is 5.75 Å². The number of hydrogen-bond donors (Lipinski definition) is 2. The quantitative estimate of drug-likeness (QED) is 0.703. The van der Waals surface area contributed by atoms with E-state index in [1.54, 1.807) is 6.07 Å². The molecule has 0 unspecified atom stereocenters. The molecule has 1 aliphatic heterocycles. The fourth-order valence-corrected chi connectivity index (χ4v) is 1.69. The molecule has 0 atom stereocenters. The Morgan fingerprint density at radius 1 is 1.53 bits per heavy atom. The van der Waals surface area contributed by atoms with Gasteiger partial charge in [0, 0.05) is 19.3 Å². The van der Waals surface area contributed by atoms with Crippen molar-refractivity contribution in [3.05, 3.63) is 24.0 Å². The van der Waals surface area contributed by atoms with Gasteiger partial charge in [0.05, 0.1) is 6.54 Å². The van der Waals surface area contributed by atoms with Gasteiger partial charge in [0.25, 0.3) is 5.91 Å². The van der Waals surface area contributed by atoms with Crippen LogP contribution in [0, 0.1) is 0 Å². The minimum absolute atomic E-state index is 0.00878. The molecule has 2 amide bonds. The van der Waals surface area contributed by atoms with Crippen molar-refractivity contribution in [2.45, 2.75) is 6.42 Å². The lowest BCUT2D eigenvalue weighted by Gasteiger charge is -2.18. The summed E-state index contributed by atoms with van der Waals surface area (Å²) in [7, 11) is 0. The van der Waals surface area contributed by atoms with Crippen LogP contribution in [0.25, 0.3) is 0 Å². The summed E-state index contributed by atoms with van der Waals surface area (Å²) in [5.41, 5.74) is -0.0119. The lowest BCUT2D eigenvalue weighted by Crippen LogP contribution is -2.37. The molecule has 1 aromatic rings. The molecule has 1 saturated heterocycles. The van der Waals surface area contributed by atoms with Gasteiger partial charge < -0.3 is 15.3 Å². The van der Waals surface area contributed by atoms with E-state index in [0.29, 0.717) is 19.5 Å². The van der Waals surface area contributed by atoms with Crippen molar-refractivity contribution in [3.8, 4) is 5.75 Å². The molecule has 2 rings (SSSR count). The summed E-state index contributed by atoms with van der Waals surface area (Å²) >= 11 is 0. The van der Waals surface area contributed by atoms with Gasteiger partial charge in [-0.2, -0.15) is 0 Å². The lowest BCUT2D eigenvalue weighted by molar-refractivity contribution is -0.121. The summed E-state index contributed by atoms with van der Waals surface area (Å²) in [6.07, 6.45) is 2.13. The normalized spacial score (nSPS) is 16.2. The van der Waals surface area contributed by atoms with E-state index in [-0.39, 0.29) is 23.9 Å². The van der Waals surface area contributed by atoms with Crippen LogP contribution in [-0.2, 0) is 4.79 Å². The van der Waals surface area contributed by atoms with Gasteiger partial charge >= 0.3 is 0 Å². The number of amides is 2. The Bertz CT molecular complexity index is 447. The van der Waals surface area contributed by atoms with Crippen LogP contribution in [0.3, 0.4) is 0 Å². The smallest absolute Gasteiger partial charge is 0.276 e. The van der Waals surface area contributed by atoms with Crippen molar-refractivity contribution >= 4 is 11.8 Å². The van der Waals surface area contributed by atoms with Gasteiger partial charge in [-0.1, -0.05) is 0 Å². The number of carbonyl (C=O) groups is 2. The molecule has 2 N–H and O–H groups in total. The molecule has 0 aliphatic carbocycles. The maximum absolute atomic E-state index is 12.0. The van der Waals surface area contributed by atoms with Gasteiger partial charge in [-0.05, 0) is 18.6 Å². The first-order valence-electron chi connectivity index (χ1n) is 5.38. The standard InChI is InChI=1S/C11H13N3O3/c15-8-3-1-4-13-10(8)11(17)14-6-2-5-12-9(16)7-14/h1,3-4,15H,2,5-7H2,(H,12,16). The van der Waals surface area contributed by atoms with Gasteiger partial charge in [-0.25, -0.2) is 4.98 Å². The van der Waals surface area contributed by atoms with Crippen molar-refractivity contribution in [2.24, 2.45) is 0 Å². The Morgan fingerprint density at radius 2 is 2.35 bits per heavy atom. The summed E-state index contributed by atoms with van der Waals surface area (Å²) in [6.45, 7) is 1.05. The SMILES string of the molecule is O=C1CN(C(=O)c2ncccc2O)CCCN1.